The molecule has 0 bridgehead atoms. The maximum absolute atomic E-state index is 10.9. The van der Waals surface area contributed by atoms with Crippen LogP contribution in [-0.2, 0) is 6.42 Å². The van der Waals surface area contributed by atoms with E-state index in [-0.39, 0.29) is 0 Å². The molecule has 1 atom stereocenters. The van der Waals surface area contributed by atoms with Crippen LogP contribution < -0.4 is 10.5 Å². The summed E-state index contributed by atoms with van der Waals surface area (Å²) in [5, 5.41) is 12.1. The van der Waals surface area contributed by atoms with E-state index in [0.717, 1.165) is 16.3 Å². The molecule has 5 heteroatoms. The highest BCUT2D eigenvalue weighted by molar-refractivity contribution is 5.88. The molecular weight excluding hydrogens is 232 g/mol. The van der Waals surface area contributed by atoms with Crippen molar-refractivity contribution < 1.29 is 14.7 Å². The second-order valence-electron chi connectivity index (χ2n) is 4.22. The number of ether oxygens (including phenoxy) is 1. The van der Waals surface area contributed by atoms with Gasteiger partial charge in [0, 0.05) is 12.0 Å². The van der Waals surface area contributed by atoms with Crippen molar-refractivity contribution in [3.05, 3.63) is 42.0 Å². The molecule has 3 N–H and O–H groups in total. The number of hydrogen-bond donors (Lipinski definition) is 2. The fraction of sp³-hybridized carbons (Fsp3) is 0.154. The molecule has 5 nitrogen and oxygen atoms in total. The van der Waals surface area contributed by atoms with Gasteiger partial charge in [0.25, 0.3) is 0 Å². The molecule has 0 aromatic heterocycles. The summed E-state index contributed by atoms with van der Waals surface area (Å²) in [6, 6.07) is 10.8. The number of hydroxylamine groups is 2. The number of urea groups is 1. The van der Waals surface area contributed by atoms with E-state index >= 15 is 0 Å². The van der Waals surface area contributed by atoms with E-state index in [9.17, 15) is 10.0 Å². The van der Waals surface area contributed by atoms with Crippen molar-refractivity contribution in [3.63, 3.8) is 0 Å². The number of amides is 2. The van der Waals surface area contributed by atoms with Crippen molar-refractivity contribution in [2.45, 2.75) is 12.6 Å². The summed E-state index contributed by atoms with van der Waals surface area (Å²) < 4.78 is 5.51. The van der Waals surface area contributed by atoms with E-state index in [2.05, 4.69) is 0 Å². The molecule has 0 radical (unpaired) electrons. The summed E-state index contributed by atoms with van der Waals surface area (Å²) in [4.78, 5) is 10.9. The molecule has 0 spiro atoms. The van der Waals surface area contributed by atoms with Gasteiger partial charge in [-0.1, -0.05) is 30.3 Å². The van der Waals surface area contributed by atoms with Crippen molar-refractivity contribution in [3.8, 4) is 5.75 Å². The minimum absolute atomic E-state index is 0.425. The third-order valence-corrected chi connectivity index (χ3v) is 3.14. The van der Waals surface area contributed by atoms with Gasteiger partial charge in [-0.25, -0.2) is 4.79 Å². The number of carbonyl (C=O) groups excluding carboxylic acids is 1. The van der Waals surface area contributed by atoms with Crippen LogP contribution in [0.15, 0.2) is 36.4 Å². The van der Waals surface area contributed by atoms with Gasteiger partial charge < -0.3 is 10.5 Å². The number of primary amides is 1. The Kier molecular flexibility index (Phi) is 2.34. The zero-order valence-corrected chi connectivity index (χ0v) is 9.54. The van der Waals surface area contributed by atoms with Crippen LogP contribution in [0, 0.1) is 0 Å². The summed E-state index contributed by atoms with van der Waals surface area (Å²) in [5.41, 5.74) is 6.00. The molecule has 1 aliphatic heterocycles. The van der Waals surface area contributed by atoms with Crippen LogP contribution in [-0.4, -0.2) is 22.5 Å². The Morgan fingerprint density at radius 3 is 2.89 bits per heavy atom. The first kappa shape index (κ1) is 10.9. The van der Waals surface area contributed by atoms with Gasteiger partial charge in [-0.3, -0.25) is 5.21 Å². The topological polar surface area (TPSA) is 75.8 Å². The Morgan fingerprint density at radius 2 is 2.11 bits per heavy atom. The predicted molar refractivity (Wildman–Crippen MR) is 65.3 cm³/mol. The molecule has 1 heterocycles. The summed E-state index contributed by atoms with van der Waals surface area (Å²) in [7, 11) is 0. The van der Waals surface area contributed by atoms with Crippen LogP contribution in [0.1, 0.15) is 5.56 Å². The lowest BCUT2D eigenvalue weighted by Gasteiger charge is -2.18. The minimum atomic E-state index is -0.919. The fourth-order valence-corrected chi connectivity index (χ4v) is 2.28. The molecular formula is C13H12N2O3. The number of nitrogens with two attached hydrogens (primary N) is 1. The molecule has 0 fully saturated rings. The zero-order chi connectivity index (χ0) is 12.7. The number of nitrogens with zero attached hydrogens (tertiary/aromatic N) is 1. The lowest BCUT2D eigenvalue weighted by molar-refractivity contribution is -0.131. The Labute approximate surface area is 103 Å². The van der Waals surface area contributed by atoms with Crippen molar-refractivity contribution >= 4 is 16.8 Å². The van der Waals surface area contributed by atoms with Crippen LogP contribution in [0.3, 0.4) is 0 Å². The second-order valence-corrected chi connectivity index (χ2v) is 4.22. The molecule has 0 unspecified atom stereocenters. The highest BCUT2D eigenvalue weighted by Gasteiger charge is 2.30. The predicted octanol–water partition coefficient (Wildman–Crippen LogP) is 1.87. The van der Waals surface area contributed by atoms with Gasteiger partial charge in [0.05, 0.1) is 0 Å². The van der Waals surface area contributed by atoms with Gasteiger partial charge in [-0.05, 0) is 16.8 Å². The van der Waals surface area contributed by atoms with Crippen LogP contribution in [0.5, 0.6) is 5.75 Å². The Morgan fingerprint density at radius 1 is 1.33 bits per heavy atom. The van der Waals surface area contributed by atoms with Gasteiger partial charge in [-0.15, -0.1) is 0 Å². The smallest absolute Gasteiger partial charge is 0.341 e. The van der Waals surface area contributed by atoms with E-state index < -0.39 is 12.3 Å². The normalized spacial score (nSPS) is 17.3. The van der Waals surface area contributed by atoms with E-state index in [1.807, 2.05) is 36.4 Å². The van der Waals surface area contributed by atoms with Crippen LogP contribution in [0.2, 0.25) is 0 Å². The van der Waals surface area contributed by atoms with Gasteiger partial charge in [0.2, 0.25) is 6.23 Å². The highest BCUT2D eigenvalue weighted by Crippen LogP contribution is 2.35. The van der Waals surface area contributed by atoms with E-state index in [0.29, 0.717) is 17.2 Å². The zero-order valence-electron chi connectivity index (χ0n) is 9.54. The number of rotatable bonds is 1. The maximum Gasteiger partial charge on any atom is 0.341 e. The Bertz CT molecular complexity index is 627. The van der Waals surface area contributed by atoms with Gasteiger partial charge >= 0.3 is 6.03 Å². The molecule has 2 aromatic rings. The molecule has 0 saturated carbocycles. The SMILES string of the molecule is NC(=O)N(O)[C@@H]1Cc2c(ccc3ccccc23)O1. The van der Waals surface area contributed by atoms with E-state index in [4.69, 9.17) is 10.5 Å². The first-order valence-corrected chi connectivity index (χ1v) is 5.61. The monoisotopic (exact) mass is 244 g/mol. The van der Waals surface area contributed by atoms with Gasteiger partial charge in [0.15, 0.2) is 0 Å². The van der Waals surface area contributed by atoms with Crippen molar-refractivity contribution in [1.29, 1.82) is 0 Å². The van der Waals surface area contributed by atoms with Crippen molar-refractivity contribution in [2.75, 3.05) is 0 Å². The van der Waals surface area contributed by atoms with Gasteiger partial charge in [0.1, 0.15) is 5.75 Å². The summed E-state index contributed by atoms with van der Waals surface area (Å²) in [5.74, 6) is 0.680. The van der Waals surface area contributed by atoms with Crippen molar-refractivity contribution in [2.24, 2.45) is 5.73 Å². The molecule has 3 rings (SSSR count). The molecule has 92 valence electrons. The number of fused-ring (bicyclic) bond motifs is 3. The number of hydrogen-bond acceptors (Lipinski definition) is 3. The maximum atomic E-state index is 10.9. The van der Waals surface area contributed by atoms with E-state index in [1.165, 1.54) is 0 Å². The summed E-state index contributed by atoms with van der Waals surface area (Å²) in [6.45, 7) is 0. The second kappa shape index (κ2) is 3.89. The molecule has 2 amide bonds. The third-order valence-electron chi connectivity index (χ3n) is 3.14. The average Bonchev–Trinajstić information content (AvgIpc) is 2.81. The Balaban J connectivity index is 2.03. The number of benzene rings is 2. The Hall–Kier alpha value is -2.27. The number of carbonyl (C=O) groups is 1. The minimum Gasteiger partial charge on any atom is -0.467 e. The molecule has 0 aliphatic carbocycles. The first-order chi connectivity index (χ1) is 8.66. The van der Waals surface area contributed by atoms with Gasteiger partial charge in [-0.2, -0.15) is 5.06 Å². The summed E-state index contributed by atoms with van der Waals surface area (Å²) >= 11 is 0. The fourth-order valence-electron chi connectivity index (χ4n) is 2.28. The largest absolute Gasteiger partial charge is 0.467 e. The first-order valence-electron chi connectivity index (χ1n) is 5.61. The van der Waals surface area contributed by atoms with Crippen LogP contribution >= 0.6 is 0 Å². The molecule has 0 saturated heterocycles. The third kappa shape index (κ3) is 1.56. The van der Waals surface area contributed by atoms with Crippen LogP contribution in [0.4, 0.5) is 4.79 Å². The van der Waals surface area contributed by atoms with E-state index in [1.54, 1.807) is 0 Å². The molecule has 2 aromatic carbocycles. The lowest BCUT2D eigenvalue weighted by atomic mass is 10.0. The quantitative estimate of drug-likeness (QED) is 0.594. The summed E-state index contributed by atoms with van der Waals surface area (Å²) in [6.07, 6.45) is -0.320. The molecule has 1 aliphatic rings. The molecule has 18 heavy (non-hydrogen) atoms. The highest BCUT2D eigenvalue weighted by atomic mass is 16.6. The van der Waals surface area contributed by atoms with Crippen LogP contribution in [0.25, 0.3) is 10.8 Å². The standard InChI is InChI=1S/C13H12N2O3/c14-13(16)15(17)12-7-10-9-4-2-1-3-8(9)5-6-11(10)18-12/h1-6,12,17H,7H2,(H2,14,16)/t12-/m0/s1. The van der Waals surface area contributed by atoms with Crippen molar-refractivity contribution in [1.82, 2.24) is 5.06 Å². The average molecular weight is 244 g/mol. The lowest BCUT2D eigenvalue weighted by Crippen LogP contribution is -2.43.